The number of nitrogens with two attached hydrogens (primary N) is 1. The zero-order chi connectivity index (χ0) is 18.8. The molecule has 0 aliphatic heterocycles. The van der Waals surface area contributed by atoms with Crippen molar-refractivity contribution < 1.29 is 26.7 Å². The molecule has 0 heterocycles. The molecule has 0 unspecified atom stereocenters. The molecule has 0 atom stereocenters. The molecule has 0 aliphatic carbocycles. The molecule has 0 aromatic heterocycles. The van der Waals surface area contributed by atoms with E-state index in [1.807, 2.05) is 0 Å². The van der Waals surface area contributed by atoms with Crippen LogP contribution in [0.1, 0.15) is 5.56 Å². The van der Waals surface area contributed by atoms with Gasteiger partial charge in [-0.05, 0) is 40.2 Å². The maximum absolute atomic E-state index is 13.9. The third kappa shape index (κ3) is 4.82. The van der Waals surface area contributed by atoms with Crippen LogP contribution in [0.5, 0.6) is 11.5 Å². The summed E-state index contributed by atoms with van der Waals surface area (Å²) in [5.41, 5.74) is 4.32. The number of nitrogens with zero attached hydrogens (tertiary/aromatic N) is 1. The average molecular weight is 444 g/mol. The molecule has 25 heavy (non-hydrogen) atoms. The minimum absolute atomic E-state index is 0.0333. The number of alkyl halides is 4. The van der Waals surface area contributed by atoms with Gasteiger partial charge in [-0.25, -0.2) is 13.8 Å². The first-order chi connectivity index (χ1) is 11.6. The number of hydrogen-bond donors (Lipinski definition) is 1. The maximum atomic E-state index is 13.9. The number of amidine groups is 1. The van der Waals surface area contributed by atoms with Crippen LogP contribution >= 0.6 is 27.5 Å². The fourth-order valence-electron chi connectivity index (χ4n) is 1.77. The van der Waals surface area contributed by atoms with E-state index in [-0.39, 0.29) is 35.3 Å². The van der Waals surface area contributed by atoms with E-state index in [9.17, 15) is 22.0 Å². The van der Waals surface area contributed by atoms with Crippen molar-refractivity contribution in [3.05, 3.63) is 52.0 Å². The van der Waals surface area contributed by atoms with E-state index in [0.29, 0.717) is 4.47 Å². The number of ether oxygens (including phenoxy) is 1. The summed E-state index contributed by atoms with van der Waals surface area (Å²) < 4.78 is 70.8. The fraction of sp³-hybridized carbons (Fsp3) is 0.133. The fourth-order valence-corrected chi connectivity index (χ4v) is 2.15. The highest BCUT2D eigenvalue weighted by atomic mass is 79.9. The summed E-state index contributed by atoms with van der Waals surface area (Å²) in [7, 11) is 0. The monoisotopic (exact) mass is 442 g/mol. The van der Waals surface area contributed by atoms with Gasteiger partial charge in [-0.2, -0.15) is 13.2 Å². The van der Waals surface area contributed by atoms with Crippen LogP contribution in [-0.2, 0) is 6.18 Å². The molecule has 2 N–H and O–H groups in total. The lowest BCUT2D eigenvalue weighted by atomic mass is 10.2. The first kappa shape index (κ1) is 19.5. The van der Waals surface area contributed by atoms with Gasteiger partial charge in [-0.3, -0.25) is 0 Å². The highest BCUT2D eigenvalue weighted by molar-refractivity contribution is 9.10. The van der Waals surface area contributed by atoms with Gasteiger partial charge in [-0.15, -0.1) is 11.6 Å². The van der Waals surface area contributed by atoms with E-state index in [4.69, 9.17) is 22.1 Å². The maximum Gasteiger partial charge on any atom is 0.416 e. The van der Waals surface area contributed by atoms with Gasteiger partial charge in [-0.1, -0.05) is 0 Å². The van der Waals surface area contributed by atoms with Gasteiger partial charge in [0.1, 0.15) is 11.6 Å². The van der Waals surface area contributed by atoms with Crippen LogP contribution in [0.25, 0.3) is 0 Å². The van der Waals surface area contributed by atoms with Crippen molar-refractivity contribution in [1.82, 2.24) is 0 Å². The molecule has 134 valence electrons. The Hall–Kier alpha value is -1.87. The molecule has 0 spiro atoms. The molecular formula is C15H9BrClF5N2O. The van der Waals surface area contributed by atoms with Gasteiger partial charge in [0.05, 0.1) is 21.6 Å². The number of benzene rings is 2. The van der Waals surface area contributed by atoms with Crippen molar-refractivity contribution in [2.75, 3.05) is 5.88 Å². The molecule has 0 saturated heterocycles. The van der Waals surface area contributed by atoms with E-state index in [1.165, 1.54) is 18.2 Å². The molecule has 0 bridgehead atoms. The third-order valence-corrected chi connectivity index (χ3v) is 3.79. The summed E-state index contributed by atoms with van der Waals surface area (Å²) in [5, 5.41) is 0. The van der Waals surface area contributed by atoms with Crippen molar-refractivity contribution in [3.8, 4) is 11.5 Å². The Morgan fingerprint density at radius 1 is 1.16 bits per heavy atom. The number of hydrogen-bond acceptors (Lipinski definition) is 2. The molecule has 0 amide bonds. The molecule has 2 aromatic rings. The van der Waals surface area contributed by atoms with Crippen LogP contribution in [-0.4, -0.2) is 11.7 Å². The number of aliphatic imine (C=N–C) groups is 1. The van der Waals surface area contributed by atoms with E-state index < -0.39 is 29.1 Å². The Balaban J connectivity index is 2.42. The molecule has 2 aromatic carbocycles. The first-order valence-corrected chi connectivity index (χ1v) is 7.87. The topological polar surface area (TPSA) is 47.6 Å². The van der Waals surface area contributed by atoms with E-state index in [0.717, 1.165) is 0 Å². The van der Waals surface area contributed by atoms with Gasteiger partial charge in [0.2, 0.25) is 0 Å². The summed E-state index contributed by atoms with van der Waals surface area (Å²) >= 11 is 8.62. The highest BCUT2D eigenvalue weighted by Gasteiger charge is 2.33. The second-order valence-electron chi connectivity index (χ2n) is 4.72. The van der Waals surface area contributed by atoms with Gasteiger partial charge in [0, 0.05) is 6.07 Å². The summed E-state index contributed by atoms with van der Waals surface area (Å²) in [6.45, 7) is 0. The Labute approximate surface area is 152 Å². The second-order valence-corrected chi connectivity index (χ2v) is 5.84. The van der Waals surface area contributed by atoms with Crippen molar-refractivity contribution in [1.29, 1.82) is 0 Å². The van der Waals surface area contributed by atoms with Crippen LogP contribution in [0.4, 0.5) is 27.6 Å². The van der Waals surface area contributed by atoms with Crippen LogP contribution in [0.15, 0.2) is 39.8 Å². The lowest BCUT2D eigenvalue weighted by molar-refractivity contribution is -0.138. The first-order valence-electron chi connectivity index (χ1n) is 6.54. The van der Waals surface area contributed by atoms with Crippen molar-refractivity contribution in [2.45, 2.75) is 6.18 Å². The summed E-state index contributed by atoms with van der Waals surface area (Å²) in [6.07, 6.45) is -4.88. The smallest absolute Gasteiger partial charge is 0.416 e. The zero-order valence-electron chi connectivity index (χ0n) is 12.2. The number of halogens is 7. The summed E-state index contributed by atoms with van der Waals surface area (Å²) in [6, 6.07) is 4.59. The predicted molar refractivity (Wildman–Crippen MR) is 87.6 cm³/mol. The second kappa shape index (κ2) is 7.57. The normalized spacial score (nSPS) is 12.4. The standard InChI is InChI=1S/C15H9BrClF5N2O/c16-9-2-1-8(24-13(23)6-17)5-12(9)25-14-10(18)3-7(4-11(14)19)15(20,21)22/h1-5H,6H2,(H2,23,24). The lowest BCUT2D eigenvalue weighted by Gasteiger charge is -2.13. The van der Waals surface area contributed by atoms with Crippen molar-refractivity contribution in [3.63, 3.8) is 0 Å². The Morgan fingerprint density at radius 2 is 1.76 bits per heavy atom. The highest BCUT2D eigenvalue weighted by Crippen LogP contribution is 2.38. The van der Waals surface area contributed by atoms with Crippen LogP contribution < -0.4 is 10.5 Å². The predicted octanol–water partition coefficient (Wildman–Crippen LogP) is 5.77. The van der Waals surface area contributed by atoms with Crippen molar-refractivity contribution >= 4 is 39.1 Å². The largest absolute Gasteiger partial charge is 0.450 e. The Morgan fingerprint density at radius 3 is 2.28 bits per heavy atom. The summed E-state index contributed by atoms with van der Waals surface area (Å²) in [5.74, 6) is -3.96. The lowest BCUT2D eigenvalue weighted by Crippen LogP contribution is -2.12. The van der Waals surface area contributed by atoms with Gasteiger partial charge in [0.15, 0.2) is 17.4 Å². The van der Waals surface area contributed by atoms with Crippen molar-refractivity contribution in [2.24, 2.45) is 10.7 Å². The molecule has 3 nitrogen and oxygen atoms in total. The van der Waals surface area contributed by atoms with E-state index >= 15 is 0 Å². The van der Waals surface area contributed by atoms with Gasteiger partial charge < -0.3 is 10.5 Å². The van der Waals surface area contributed by atoms with Crippen LogP contribution in [0, 0.1) is 11.6 Å². The summed E-state index contributed by atoms with van der Waals surface area (Å²) in [4.78, 5) is 3.94. The molecule has 0 fully saturated rings. The molecule has 0 radical (unpaired) electrons. The van der Waals surface area contributed by atoms with E-state index in [1.54, 1.807) is 0 Å². The minimum atomic E-state index is -4.88. The zero-order valence-corrected chi connectivity index (χ0v) is 14.5. The minimum Gasteiger partial charge on any atom is -0.450 e. The molecule has 10 heteroatoms. The molecule has 0 aliphatic rings. The third-order valence-electron chi connectivity index (χ3n) is 2.86. The molecule has 0 saturated carbocycles. The molecular weight excluding hydrogens is 435 g/mol. The van der Waals surface area contributed by atoms with Crippen LogP contribution in [0.2, 0.25) is 0 Å². The quantitative estimate of drug-likeness (QED) is 0.282. The van der Waals surface area contributed by atoms with Crippen LogP contribution in [0.3, 0.4) is 0 Å². The van der Waals surface area contributed by atoms with Gasteiger partial charge in [0.25, 0.3) is 0 Å². The Kier molecular flexibility index (Phi) is 5.89. The van der Waals surface area contributed by atoms with Gasteiger partial charge >= 0.3 is 6.18 Å². The number of rotatable bonds is 4. The van der Waals surface area contributed by atoms with E-state index in [2.05, 4.69) is 20.9 Å². The molecule has 2 rings (SSSR count). The Bertz CT molecular complexity index is 803. The average Bonchev–Trinajstić information content (AvgIpc) is 2.52. The SMILES string of the molecule is NC(CCl)=Nc1ccc(Br)c(Oc2c(F)cc(C(F)(F)F)cc2F)c1.